The van der Waals surface area contributed by atoms with Crippen LogP contribution in [0.3, 0.4) is 0 Å². The average Bonchev–Trinajstić information content (AvgIpc) is 3.03. The smallest absolute Gasteiger partial charge is 0.328 e. The highest BCUT2D eigenvalue weighted by molar-refractivity contribution is 7.98. The minimum absolute atomic E-state index is 0.0281. The van der Waals surface area contributed by atoms with Gasteiger partial charge in [0.2, 0.25) is 5.13 Å². The van der Waals surface area contributed by atoms with Gasteiger partial charge in [-0.25, -0.2) is 14.6 Å². The number of aromatic nitrogens is 1. The fraction of sp³-hybridized carbons (Fsp3) is 0.357. The molecule has 0 bridgehead atoms. The molecule has 0 saturated carbocycles. The normalized spacial score (nSPS) is 11.8. The fourth-order valence-corrected chi connectivity index (χ4v) is 3.51. The van der Waals surface area contributed by atoms with Crippen LogP contribution in [0.25, 0.3) is 0 Å². The third-order valence-electron chi connectivity index (χ3n) is 2.58. The van der Waals surface area contributed by atoms with Crippen molar-refractivity contribution in [3.05, 3.63) is 23.2 Å². The molecule has 0 atom stereocenters. The Labute approximate surface area is 181 Å². The predicted molar refractivity (Wildman–Crippen MR) is 117 cm³/mol. The third-order valence-corrected chi connectivity index (χ3v) is 5.74. The van der Waals surface area contributed by atoms with Crippen molar-refractivity contribution in [3.63, 3.8) is 0 Å². The number of nitrogens with zero attached hydrogens (tertiary/aromatic N) is 4. The first-order chi connectivity index (χ1) is 13.8. The van der Waals surface area contributed by atoms with E-state index < -0.39 is 22.1 Å². The van der Waals surface area contributed by atoms with E-state index in [0.717, 1.165) is 10.00 Å². The van der Waals surface area contributed by atoms with E-state index in [-0.39, 0.29) is 11.8 Å². The summed E-state index contributed by atoms with van der Waals surface area (Å²) in [6.07, 6.45) is 1.49. The van der Waals surface area contributed by atoms with Crippen LogP contribution in [-0.2, 0) is 25.6 Å². The summed E-state index contributed by atoms with van der Waals surface area (Å²) >= 11 is 2.91. The van der Waals surface area contributed by atoms with Crippen molar-refractivity contribution < 1.29 is 28.2 Å². The number of guanidine groups is 1. The number of amidine groups is 1. The number of aliphatic imine (C=N–C) groups is 1. The molecule has 1 rings (SSSR count). The monoisotopic (exact) mass is 481 g/mol. The van der Waals surface area contributed by atoms with Crippen LogP contribution in [0.1, 0.15) is 12.1 Å². The predicted octanol–water partition coefficient (Wildman–Crippen LogP) is -0.453. The number of carboxylic acids is 2. The number of thioether (sulfide) groups is 1. The summed E-state index contributed by atoms with van der Waals surface area (Å²) in [5, 5.41) is 18.0. The summed E-state index contributed by atoms with van der Waals surface area (Å²) in [5.74, 6) is -1.17. The molecule has 0 radical (unpaired) electrons. The molecule has 168 valence electrons. The van der Waals surface area contributed by atoms with Crippen molar-refractivity contribution in [3.8, 4) is 0 Å². The molecule has 30 heavy (non-hydrogen) atoms. The molecule has 16 heteroatoms. The van der Waals surface area contributed by atoms with Crippen LogP contribution in [0.15, 0.2) is 26.9 Å². The minimum atomic E-state index is -3.66. The van der Waals surface area contributed by atoms with Gasteiger partial charge in [0.25, 0.3) is 0 Å². The van der Waals surface area contributed by atoms with Crippen molar-refractivity contribution in [1.29, 1.82) is 0 Å². The van der Waals surface area contributed by atoms with Gasteiger partial charge in [-0.05, 0) is 0 Å². The van der Waals surface area contributed by atoms with Gasteiger partial charge in [0.1, 0.15) is 5.84 Å². The van der Waals surface area contributed by atoms with E-state index in [4.69, 9.17) is 27.4 Å². The van der Waals surface area contributed by atoms with Gasteiger partial charge in [-0.15, -0.1) is 15.7 Å². The lowest BCUT2D eigenvalue weighted by Gasteiger charge is -2.07. The van der Waals surface area contributed by atoms with Gasteiger partial charge in [0, 0.05) is 49.6 Å². The Bertz CT molecular complexity index is 889. The van der Waals surface area contributed by atoms with Crippen LogP contribution >= 0.6 is 23.1 Å². The Morgan fingerprint density at radius 3 is 2.27 bits per heavy atom. The molecule has 8 N–H and O–H groups in total. The van der Waals surface area contributed by atoms with Crippen molar-refractivity contribution >= 4 is 62.2 Å². The number of rotatable bonds is 10. The van der Waals surface area contributed by atoms with Crippen molar-refractivity contribution in [2.45, 2.75) is 12.2 Å². The van der Waals surface area contributed by atoms with Crippen LogP contribution in [0, 0.1) is 0 Å². The highest BCUT2D eigenvalue weighted by Gasteiger charge is 2.11. The number of aliphatic carboxylic acids is 2. The summed E-state index contributed by atoms with van der Waals surface area (Å²) in [6, 6.07) is 0. The molecule has 0 fully saturated rings. The van der Waals surface area contributed by atoms with Gasteiger partial charge in [0.05, 0.1) is 5.69 Å². The van der Waals surface area contributed by atoms with Crippen molar-refractivity contribution in [2.75, 3.05) is 19.8 Å². The molecule has 0 aliphatic carbocycles. The van der Waals surface area contributed by atoms with Crippen LogP contribution in [-0.4, -0.2) is 71.5 Å². The number of hydrogen-bond donors (Lipinski definition) is 5. The number of carboxylic acid groups (broad SMARTS) is 2. The molecule has 0 aliphatic rings. The van der Waals surface area contributed by atoms with Gasteiger partial charge >= 0.3 is 22.1 Å². The summed E-state index contributed by atoms with van der Waals surface area (Å²) in [5.41, 5.74) is 17.0. The van der Waals surface area contributed by atoms with Crippen LogP contribution in [0.5, 0.6) is 0 Å². The van der Waals surface area contributed by atoms with Gasteiger partial charge < -0.3 is 27.4 Å². The minimum Gasteiger partial charge on any atom is -0.478 e. The zero-order valence-electron chi connectivity index (χ0n) is 16.1. The molecular weight excluding hydrogens is 458 g/mol. The Morgan fingerprint density at radius 2 is 1.80 bits per heavy atom. The lowest BCUT2D eigenvalue weighted by molar-refractivity contribution is -0.134. The molecule has 0 saturated heterocycles. The second-order valence-electron chi connectivity index (χ2n) is 5.31. The van der Waals surface area contributed by atoms with Gasteiger partial charge in [-0.3, -0.25) is 0 Å². The van der Waals surface area contributed by atoms with E-state index in [1.165, 1.54) is 25.4 Å². The Morgan fingerprint density at radius 1 is 1.23 bits per heavy atom. The average molecular weight is 482 g/mol. The van der Waals surface area contributed by atoms with E-state index >= 15 is 0 Å². The maximum absolute atomic E-state index is 11.5. The van der Waals surface area contributed by atoms with Crippen molar-refractivity contribution in [1.82, 2.24) is 9.29 Å². The molecule has 0 unspecified atom stereocenters. The maximum Gasteiger partial charge on any atom is 0.328 e. The van der Waals surface area contributed by atoms with Gasteiger partial charge in [-0.2, -0.15) is 29.5 Å². The molecule has 1 aromatic rings. The van der Waals surface area contributed by atoms with Crippen LogP contribution in [0.2, 0.25) is 0 Å². The highest BCUT2D eigenvalue weighted by atomic mass is 32.2. The second-order valence-corrected chi connectivity index (χ2v) is 9.06. The van der Waals surface area contributed by atoms with E-state index in [1.54, 1.807) is 11.8 Å². The fourth-order valence-electron chi connectivity index (χ4n) is 1.30. The molecule has 0 aliphatic heterocycles. The van der Waals surface area contributed by atoms with Crippen LogP contribution < -0.4 is 17.2 Å². The Kier molecular flexibility index (Phi) is 12.3. The zero-order chi connectivity index (χ0) is 23.3. The first kappa shape index (κ1) is 27.3. The second kappa shape index (κ2) is 13.5. The summed E-state index contributed by atoms with van der Waals surface area (Å²) < 4.78 is 27.5. The summed E-state index contributed by atoms with van der Waals surface area (Å²) in [7, 11) is -0.857. The molecular formula is C14H23N7O6S3. The molecule has 0 amide bonds. The van der Waals surface area contributed by atoms with Crippen molar-refractivity contribution in [2.24, 2.45) is 26.6 Å². The summed E-state index contributed by atoms with van der Waals surface area (Å²) in [4.78, 5) is 27.2. The molecule has 1 heterocycles. The first-order valence-corrected chi connectivity index (χ1v) is 11.3. The highest BCUT2D eigenvalue weighted by Crippen LogP contribution is 2.21. The Hall–Kier alpha value is -2.69. The standard InChI is InChI=1S/C10H19N7O2S3.C4H4O4/c1-17(2)22(18,19)16-8(11)3-4-20-5-7-6-21-10(14-7)15-9(12)13;5-3(6)1-2-4(7)8/h6H,3-5H2,1-2H3,(H2,11,16)(H4,12,13,14,15);1-2H,(H,5,6)(H,7,8)/b;2-1-. The van der Waals surface area contributed by atoms with Gasteiger partial charge in [-0.1, -0.05) is 0 Å². The van der Waals surface area contributed by atoms with E-state index in [1.807, 2.05) is 5.38 Å². The molecule has 1 aromatic heterocycles. The number of thiazole rings is 1. The lowest BCUT2D eigenvalue weighted by Crippen LogP contribution is -2.24. The summed E-state index contributed by atoms with van der Waals surface area (Å²) in [6.45, 7) is 0. The van der Waals surface area contributed by atoms with E-state index in [2.05, 4.69) is 14.4 Å². The number of carbonyl (C=O) groups is 2. The molecule has 13 nitrogen and oxygen atoms in total. The molecule has 0 aromatic carbocycles. The van der Waals surface area contributed by atoms with E-state index in [0.29, 0.717) is 35.2 Å². The van der Waals surface area contributed by atoms with Gasteiger partial charge in [0.15, 0.2) is 5.96 Å². The SMILES string of the molecule is CN(C)S(=O)(=O)N=C(N)CCSCc1csc(N=C(N)N)n1.O=C(O)/C=C\C(=O)O. The first-order valence-electron chi connectivity index (χ1n) is 7.86. The molecule has 0 spiro atoms. The van der Waals surface area contributed by atoms with Crippen LogP contribution in [0.4, 0.5) is 5.13 Å². The maximum atomic E-state index is 11.5. The van der Waals surface area contributed by atoms with E-state index in [9.17, 15) is 18.0 Å². The zero-order valence-corrected chi connectivity index (χ0v) is 18.6. The topological polar surface area (TPSA) is 228 Å². The number of nitrogens with two attached hydrogens (primary N) is 3. The largest absolute Gasteiger partial charge is 0.478 e. The third kappa shape index (κ3) is 13.5. The number of hydrogen-bond acceptors (Lipinski definition) is 8. The quantitative estimate of drug-likeness (QED) is 0.124. The Balaban J connectivity index is 0.000000890. The lowest BCUT2D eigenvalue weighted by atomic mass is 10.5.